The summed E-state index contributed by atoms with van der Waals surface area (Å²) < 4.78 is 27.2. The van der Waals surface area contributed by atoms with Gasteiger partial charge >= 0.3 is 0 Å². The molecule has 0 aliphatic rings. The smallest absolute Gasteiger partial charge is 0.210 e. The number of para-hydroxylation sites is 1. The first kappa shape index (κ1) is 13.1. The normalized spacial score (nSPS) is 12.1. The number of fused-ring (bicyclic) bond motifs is 1. The number of rotatable bonds is 5. The van der Waals surface area contributed by atoms with Crippen molar-refractivity contribution in [3.8, 4) is 0 Å². The molecule has 0 aliphatic carbocycles. The van der Waals surface area contributed by atoms with Gasteiger partial charge in [0.15, 0.2) is 0 Å². The van der Waals surface area contributed by atoms with Crippen LogP contribution in [0, 0.1) is 6.92 Å². The minimum Gasteiger partial charge on any atom is -0.461 e. The second-order valence-corrected chi connectivity index (χ2v) is 5.91. The lowest BCUT2D eigenvalue weighted by Crippen LogP contribution is -2.26. The second kappa shape index (κ2) is 5.09. The number of benzene rings is 1. The Bertz CT molecular complexity index is 646. The molecule has 0 saturated carbocycles. The molecule has 0 spiro atoms. The third-order valence-corrected chi connectivity index (χ3v) is 3.54. The van der Waals surface area contributed by atoms with Crippen LogP contribution in [-0.4, -0.2) is 20.7 Å². The van der Waals surface area contributed by atoms with Gasteiger partial charge in [-0.3, -0.25) is 0 Å². The van der Waals surface area contributed by atoms with Crippen molar-refractivity contribution in [2.24, 2.45) is 5.14 Å². The summed E-state index contributed by atoms with van der Waals surface area (Å²) >= 11 is 0. The number of hydrogen-bond acceptors (Lipinski definition) is 4. The third-order valence-electron chi connectivity index (χ3n) is 2.77. The van der Waals surface area contributed by atoms with Gasteiger partial charge in [0.25, 0.3) is 0 Å². The lowest BCUT2D eigenvalue weighted by Gasteiger charge is -2.03. The Kier molecular flexibility index (Phi) is 3.70. The molecular formula is C12H16N2O3S. The van der Waals surface area contributed by atoms with Crippen molar-refractivity contribution in [3.63, 3.8) is 0 Å². The summed E-state index contributed by atoms with van der Waals surface area (Å²) in [4.78, 5) is 0. The van der Waals surface area contributed by atoms with Crippen LogP contribution in [0.2, 0.25) is 0 Å². The second-order valence-electron chi connectivity index (χ2n) is 4.18. The average Bonchev–Trinajstić information content (AvgIpc) is 2.59. The van der Waals surface area contributed by atoms with Crippen molar-refractivity contribution in [1.29, 1.82) is 0 Å². The highest BCUT2D eigenvalue weighted by atomic mass is 32.2. The highest BCUT2D eigenvalue weighted by Gasteiger charge is 2.10. The maximum Gasteiger partial charge on any atom is 0.210 e. The Morgan fingerprint density at radius 2 is 2.06 bits per heavy atom. The fraction of sp³-hybridized carbons (Fsp3) is 0.333. The van der Waals surface area contributed by atoms with Crippen LogP contribution in [0.4, 0.5) is 0 Å². The van der Waals surface area contributed by atoms with Gasteiger partial charge in [-0.2, -0.15) is 0 Å². The highest BCUT2D eigenvalue weighted by molar-refractivity contribution is 7.89. The summed E-state index contributed by atoms with van der Waals surface area (Å²) in [6, 6.07) is 7.77. The number of sulfonamides is 1. The van der Waals surface area contributed by atoms with Crippen LogP contribution < -0.4 is 10.5 Å². The Morgan fingerprint density at radius 3 is 2.78 bits per heavy atom. The molecule has 3 N–H and O–H groups in total. The Morgan fingerprint density at radius 1 is 1.33 bits per heavy atom. The van der Waals surface area contributed by atoms with E-state index < -0.39 is 10.0 Å². The number of hydrogen-bond donors (Lipinski definition) is 2. The molecule has 0 fully saturated rings. The van der Waals surface area contributed by atoms with E-state index in [1.807, 2.05) is 31.2 Å². The van der Waals surface area contributed by atoms with E-state index >= 15 is 0 Å². The summed E-state index contributed by atoms with van der Waals surface area (Å²) in [5.41, 5.74) is 1.90. The van der Waals surface area contributed by atoms with Crippen molar-refractivity contribution < 1.29 is 12.8 Å². The summed E-state index contributed by atoms with van der Waals surface area (Å²) in [6.45, 7) is 2.80. The average molecular weight is 268 g/mol. The van der Waals surface area contributed by atoms with Crippen molar-refractivity contribution in [2.75, 3.05) is 12.3 Å². The van der Waals surface area contributed by atoms with Crippen molar-refractivity contribution >= 4 is 21.0 Å². The predicted molar refractivity (Wildman–Crippen MR) is 70.6 cm³/mol. The van der Waals surface area contributed by atoms with E-state index in [2.05, 4.69) is 5.32 Å². The van der Waals surface area contributed by atoms with Crippen LogP contribution >= 0.6 is 0 Å². The standard InChI is InChI=1S/C12H16N2O3S/c1-9-11(8-14-6-7-18(13,15)16)10-4-2-3-5-12(10)17-9/h2-5,14H,6-8H2,1H3,(H2,13,15,16). The number of aryl methyl sites for hydroxylation is 1. The van der Waals surface area contributed by atoms with Crippen molar-refractivity contribution in [1.82, 2.24) is 5.32 Å². The van der Waals surface area contributed by atoms with Crippen LogP contribution in [-0.2, 0) is 16.6 Å². The molecule has 5 nitrogen and oxygen atoms in total. The monoisotopic (exact) mass is 268 g/mol. The Labute approximate surface area is 106 Å². The molecule has 0 saturated heterocycles. The van der Waals surface area contributed by atoms with Gasteiger partial charge in [0.1, 0.15) is 11.3 Å². The number of nitrogens with two attached hydrogens (primary N) is 1. The summed E-state index contributed by atoms with van der Waals surface area (Å²) in [6.07, 6.45) is 0. The quantitative estimate of drug-likeness (QED) is 0.796. The zero-order valence-electron chi connectivity index (χ0n) is 10.1. The molecule has 18 heavy (non-hydrogen) atoms. The molecule has 1 aromatic heterocycles. The molecule has 2 rings (SSSR count). The lowest BCUT2D eigenvalue weighted by molar-refractivity contribution is 0.566. The van der Waals surface area contributed by atoms with E-state index in [9.17, 15) is 8.42 Å². The number of primary sulfonamides is 1. The molecule has 2 aromatic rings. The molecule has 0 aliphatic heterocycles. The van der Waals surface area contributed by atoms with Crippen molar-refractivity contribution in [2.45, 2.75) is 13.5 Å². The molecule has 0 unspecified atom stereocenters. The van der Waals surface area contributed by atoms with E-state index in [0.29, 0.717) is 13.1 Å². The molecule has 1 aromatic carbocycles. The van der Waals surface area contributed by atoms with Gasteiger partial charge < -0.3 is 9.73 Å². The first-order valence-electron chi connectivity index (χ1n) is 5.65. The zero-order valence-corrected chi connectivity index (χ0v) is 11.0. The van der Waals surface area contributed by atoms with Gasteiger partial charge in [0.2, 0.25) is 10.0 Å². The predicted octanol–water partition coefficient (Wildman–Crippen LogP) is 1.12. The van der Waals surface area contributed by atoms with E-state index in [4.69, 9.17) is 9.56 Å². The first-order chi connectivity index (χ1) is 8.47. The maximum absolute atomic E-state index is 10.8. The number of furan rings is 1. The van der Waals surface area contributed by atoms with E-state index in [-0.39, 0.29) is 5.75 Å². The van der Waals surface area contributed by atoms with Gasteiger partial charge in [-0.05, 0) is 13.0 Å². The molecule has 0 radical (unpaired) electrons. The minimum absolute atomic E-state index is 0.0676. The maximum atomic E-state index is 10.8. The van der Waals surface area contributed by atoms with Gasteiger partial charge in [-0.15, -0.1) is 0 Å². The molecular weight excluding hydrogens is 252 g/mol. The summed E-state index contributed by atoms with van der Waals surface area (Å²) in [5.74, 6) is 0.779. The van der Waals surface area contributed by atoms with Gasteiger partial charge in [-0.1, -0.05) is 18.2 Å². The molecule has 0 atom stereocenters. The zero-order chi connectivity index (χ0) is 13.2. The molecule has 0 amide bonds. The molecule has 1 heterocycles. The summed E-state index contributed by atoms with van der Waals surface area (Å²) in [5, 5.41) is 9.04. The van der Waals surface area contributed by atoms with Crippen LogP contribution in [0.1, 0.15) is 11.3 Å². The lowest BCUT2D eigenvalue weighted by atomic mass is 10.1. The van der Waals surface area contributed by atoms with Crippen LogP contribution in [0.5, 0.6) is 0 Å². The van der Waals surface area contributed by atoms with Crippen LogP contribution in [0.15, 0.2) is 28.7 Å². The van der Waals surface area contributed by atoms with E-state index in [1.54, 1.807) is 0 Å². The Hall–Kier alpha value is -1.37. The first-order valence-corrected chi connectivity index (χ1v) is 7.37. The highest BCUT2D eigenvalue weighted by Crippen LogP contribution is 2.24. The van der Waals surface area contributed by atoms with E-state index in [0.717, 1.165) is 22.3 Å². The topological polar surface area (TPSA) is 85.3 Å². The van der Waals surface area contributed by atoms with Crippen molar-refractivity contribution in [3.05, 3.63) is 35.6 Å². The van der Waals surface area contributed by atoms with E-state index in [1.165, 1.54) is 0 Å². The van der Waals surface area contributed by atoms with Gasteiger partial charge in [0, 0.05) is 24.0 Å². The minimum atomic E-state index is -3.40. The van der Waals surface area contributed by atoms with Gasteiger partial charge in [-0.25, -0.2) is 13.6 Å². The van der Waals surface area contributed by atoms with Crippen LogP contribution in [0.3, 0.4) is 0 Å². The van der Waals surface area contributed by atoms with Crippen LogP contribution in [0.25, 0.3) is 11.0 Å². The third kappa shape index (κ3) is 3.10. The number of nitrogens with one attached hydrogen (secondary N) is 1. The Balaban J connectivity index is 2.06. The fourth-order valence-corrected chi connectivity index (χ4v) is 2.30. The molecule has 6 heteroatoms. The summed E-state index contributed by atoms with van der Waals surface area (Å²) in [7, 11) is -3.40. The largest absolute Gasteiger partial charge is 0.461 e. The molecule has 98 valence electrons. The SMILES string of the molecule is Cc1oc2ccccc2c1CNCCS(N)(=O)=O. The van der Waals surface area contributed by atoms with Gasteiger partial charge in [0.05, 0.1) is 5.75 Å². The molecule has 0 bridgehead atoms. The fourth-order valence-electron chi connectivity index (χ4n) is 1.87.